The van der Waals surface area contributed by atoms with Crippen LogP contribution in [0, 0.1) is 0 Å². The molecule has 0 amide bonds. The lowest BCUT2D eigenvalue weighted by Crippen LogP contribution is -2.33. The van der Waals surface area contributed by atoms with Crippen LogP contribution in [0.25, 0.3) is 22.0 Å². The summed E-state index contributed by atoms with van der Waals surface area (Å²) in [4.78, 5) is 11.1. The summed E-state index contributed by atoms with van der Waals surface area (Å²) in [6, 6.07) is 11.8. The van der Waals surface area contributed by atoms with Crippen molar-refractivity contribution in [1.82, 2.24) is 20.2 Å². The molecular weight excluding hydrogens is 403 g/mol. The van der Waals surface area contributed by atoms with Crippen molar-refractivity contribution < 1.29 is 13.2 Å². The number of nitrogens with zero attached hydrogens (tertiary/aromatic N) is 4. The van der Waals surface area contributed by atoms with E-state index in [4.69, 9.17) is 0 Å². The van der Waals surface area contributed by atoms with E-state index in [1.807, 2.05) is 18.3 Å². The third-order valence-corrected chi connectivity index (χ3v) is 5.93. The van der Waals surface area contributed by atoms with Gasteiger partial charge < -0.3 is 4.90 Å². The molecule has 0 bridgehead atoms. The van der Waals surface area contributed by atoms with Gasteiger partial charge >= 0.3 is 6.18 Å². The summed E-state index contributed by atoms with van der Waals surface area (Å²) in [7, 11) is 0. The third kappa shape index (κ3) is 3.85. The summed E-state index contributed by atoms with van der Waals surface area (Å²) in [6.07, 6.45) is 2.40. The molecule has 1 aliphatic rings. The van der Waals surface area contributed by atoms with Gasteiger partial charge in [0.15, 0.2) is 0 Å². The number of rotatable bonds is 3. The molecule has 0 atom stereocenters. The zero-order chi connectivity index (χ0) is 21.4. The van der Waals surface area contributed by atoms with E-state index in [2.05, 4.69) is 31.1 Å². The fourth-order valence-electron chi connectivity index (χ4n) is 4.28. The molecule has 0 spiro atoms. The van der Waals surface area contributed by atoms with Crippen molar-refractivity contribution in [2.45, 2.75) is 24.9 Å². The summed E-state index contributed by atoms with van der Waals surface area (Å²) in [5.41, 5.74) is 3.04. The van der Waals surface area contributed by atoms with Gasteiger partial charge in [-0.3, -0.25) is 5.10 Å². The van der Waals surface area contributed by atoms with E-state index in [1.165, 1.54) is 12.1 Å². The molecule has 158 valence electrons. The molecule has 0 aliphatic carbocycles. The van der Waals surface area contributed by atoms with Crippen molar-refractivity contribution in [3.63, 3.8) is 0 Å². The minimum Gasteiger partial charge on any atom is -0.356 e. The first kappa shape index (κ1) is 19.5. The highest BCUT2D eigenvalue weighted by Crippen LogP contribution is 2.36. The van der Waals surface area contributed by atoms with Gasteiger partial charge in [-0.2, -0.15) is 18.3 Å². The van der Waals surface area contributed by atoms with Gasteiger partial charge in [-0.15, -0.1) is 0 Å². The number of alkyl halides is 3. The lowest BCUT2D eigenvalue weighted by atomic mass is 9.88. The van der Waals surface area contributed by atoms with Gasteiger partial charge in [0.05, 0.1) is 17.3 Å². The van der Waals surface area contributed by atoms with E-state index in [0.717, 1.165) is 65.4 Å². The number of hydrogen-bond acceptors (Lipinski definition) is 4. The van der Waals surface area contributed by atoms with E-state index >= 15 is 0 Å². The van der Waals surface area contributed by atoms with Crippen LogP contribution in [0.15, 0.2) is 61.2 Å². The molecule has 5 rings (SSSR count). The Balaban J connectivity index is 1.39. The summed E-state index contributed by atoms with van der Waals surface area (Å²) in [6.45, 7) is 1.45. The first-order chi connectivity index (χ1) is 15.0. The molecule has 1 N–H and O–H groups in total. The van der Waals surface area contributed by atoms with Crippen LogP contribution in [0.3, 0.4) is 0 Å². The molecule has 2 aromatic carbocycles. The van der Waals surface area contributed by atoms with Crippen LogP contribution in [0.1, 0.15) is 29.9 Å². The van der Waals surface area contributed by atoms with Crippen LogP contribution in [0.5, 0.6) is 0 Å². The number of benzene rings is 2. The number of anilines is 1. The van der Waals surface area contributed by atoms with E-state index in [0.29, 0.717) is 0 Å². The summed E-state index contributed by atoms with van der Waals surface area (Å²) in [5.74, 6) is 0.964. The Kier molecular flexibility index (Phi) is 4.84. The molecule has 8 heteroatoms. The molecule has 1 aliphatic heterocycles. The monoisotopic (exact) mass is 423 g/mol. The molecule has 0 saturated carbocycles. The van der Waals surface area contributed by atoms with Gasteiger partial charge in [-0.05, 0) is 48.1 Å². The SMILES string of the molecule is FC(F)(F)c1cccc(C2CCN(c3ncnc4ccc(-c5cn[nH]c5)cc34)CC2)c1. The second-order valence-corrected chi connectivity index (χ2v) is 7.80. The standard InChI is InChI=1S/C23H20F3N5/c24-23(25,26)19-3-1-2-16(10-19)15-6-8-31(9-7-15)22-20-11-17(18-12-29-30-13-18)4-5-21(20)27-14-28-22/h1-5,10-15H,6-9H2,(H,29,30). The maximum Gasteiger partial charge on any atom is 0.416 e. The number of nitrogens with one attached hydrogen (secondary N) is 1. The van der Waals surface area contributed by atoms with Crippen molar-refractivity contribution >= 4 is 16.7 Å². The second-order valence-electron chi connectivity index (χ2n) is 7.80. The number of hydrogen-bond donors (Lipinski definition) is 1. The average Bonchev–Trinajstić information content (AvgIpc) is 3.33. The highest BCUT2D eigenvalue weighted by Gasteiger charge is 2.31. The molecule has 5 nitrogen and oxygen atoms in total. The quantitative estimate of drug-likeness (QED) is 0.478. The first-order valence-corrected chi connectivity index (χ1v) is 10.1. The number of H-pyrrole nitrogens is 1. The van der Waals surface area contributed by atoms with Crippen LogP contribution in [-0.2, 0) is 6.18 Å². The van der Waals surface area contributed by atoms with Gasteiger partial charge in [-0.1, -0.05) is 24.3 Å². The number of halogens is 3. The van der Waals surface area contributed by atoms with E-state index in [1.54, 1.807) is 18.6 Å². The predicted octanol–water partition coefficient (Wildman–Crippen LogP) is 5.42. The van der Waals surface area contributed by atoms with Gasteiger partial charge in [0.1, 0.15) is 12.1 Å². The largest absolute Gasteiger partial charge is 0.416 e. The molecule has 1 saturated heterocycles. The zero-order valence-electron chi connectivity index (χ0n) is 16.6. The third-order valence-electron chi connectivity index (χ3n) is 5.93. The Hall–Kier alpha value is -3.42. The summed E-state index contributed by atoms with van der Waals surface area (Å²) < 4.78 is 39.2. The Morgan fingerprint density at radius 2 is 1.81 bits per heavy atom. The lowest BCUT2D eigenvalue weighted by molar-refractivity contribution is -0.137. The fraction of sp³-hybridized carbons (Fsp3) is 0.261. The van der Waals surface area contributed by atoms with Crippen molar-refractivity contribution in [3.8, 4) is 11.1 Å². The number of aromatic nitrogens is 4. The molecule has 3 heterocycles. The molecule has 31 heavy (non-hydrogen) atoms. The van der Waals surface area contributed by atoms with Crippen molar-refractivity contribution in [2.24, 2.45) is 0 Å². The minimum atomic E-state index is -4.32. The van der Waals surface area contributed by atoms with E-state index in [-0.39, 0.29) is 5.92 Å². The number of piperidine rings is 1. The van der Waals surface area contributed by atoms with Crippen LogP contribution in [0.2, 0.25) is 0 Å². The molecule has 4 aromatic rings. The lowest BCUT2D eigenvalue weighted by Gasteiger charge is -2.33. The Bertz CT molecular complexity index is 1200. The Morgan fingerprint density at radius 1 is 0.968 bits per heavy atom. The van der Waals surface area contributed by atoms with Gasteiger partial charge in [0.2, 0.25) is 0 Å². The molecule has 2 aromatic heterocycles. The molecule has 1 fully saturated rings. The summed E-state index contributed by atoms with van der Waals surface area (Å²) in [5, 5.41) is 7.80. The van der Waals surface area contributed by atoms with Crippen LogP contribution in [0.4, 0.5) is 19.0 Å². The van der Waals surface area contributed by atoms with Crippen LogP contribution < -0.4 is 4.90 Å². The highest BCUT2D eigenvalue weighted by molar-refractivity contribution is 5.92. The highest BCUT2D eigenvalue weighted by atomic mass is 19.4. The average molecular weight is 423 g/mol. The molecule has 0 unspecified atom stereocenters. The predicted molar refractivity (Wildman–Crippen MR) is 113 cm³/mol. The topological polar surface area (TPSA) is 57.7 Å². The maximum absolute atomic E-state index is 13.1. The second kappa shape index (κ2) is 7.68. The molecule has 0 radical (unpaired) electrons. The van der Waals surface area contributed by atoms with Gasteiger partial charge in [0, 0.05) is 30.2 Å². The van der Waals surface area contributed by atoms with Gasteiger partial charge in [-0.25, -0.2) is 9.97 Å². The Morgan fingerprint density at radius 3 is 2.55 bits per heavy atom. The minimum absolute atomic E-state index is 0.105. The van der Waals surface area contributed by atoms with Crippen LogP contribution >= 0.6 is 0 Å². The van der Waals surface area contributed by atoms with E-state index < -0.39 is 11.7 Å². The smallest absolute Gasteiger partial charge is 0.356 e. The van der Waals surface area contributed by atoms with Crippen molar-refractivity contribution in [1.29, 1.82) is 0 Å². The first-order valence-electron chi connectivity index (χ1n) is 10.1. The Labute approximate surface area is 177 Å². The fourth-order valence-corrected chi connectivity index (χ4v) is 4.28. The zero-order valence-corrected chi connectivity index (χ0v) is 16.6. The van der Waals surface area contributed by atoms with Crippen molar-refractivity contribution in [2.75, 3.05) is 18.0 Å². The van der Waals surface area contributed by atoms with E-state index in [9.17, 15) is 13.2 Å². The number of aromatic amines is 1. The van der Waals surface area contributed by atoms with Crippen LogP contribution in [-0.4, -0.2) is 33.3 Å². The summed E-state index contributed by atoms with van der Waals surface area (Å²) >= 11 is 0. The van der Waals surface area contributed by atoms with Gasteiger partial charge in [0.25, 0.3) is 0 Å². The normalized spacial score (nSPS) is 15.5. The number of fused-ring (bicyclic) bond motifs is 1. The maximum atomic E-state index is 13.1. The molecular formula is C23H20F3N5. The van der Waals surface area contributed by atoms with Crippen molar-refractivity contribution in [3.05, 3.63) is 72.3 Å².